The van der Waals surface area contributed by atoms with E-state index in [4.69, 9.17) is 4.74 Å². The van der Waals surface area contributed by atoms with Gasteiger partial charge in [-0.15, -0.1) is 0 Å². The quantitative estimate of drug-likeness (QED) is 0.828. The summed E-state index contributed by atoms with van der Waals surface area (Å²) in [6.07, 6.45) is 8.90. The molecule has 4 aliphatic carbocycles. The maximum atomic E-state index is 13.7. The molecule has 1 aromatic carbocycles. The van der Waals surface area contributed by atoms with E-state index < -0.39 is 0 Å². The van der Waals surface area contributed by atoms with Gasteiger partial charge >= 0.3 is 0 Å². The predicted molar refractivity (Wildman–Crippen MR) is 110 cm³/mol. The molecule has 5 nitrogen and oxygen atoms in total. The first-order chi connectivity index (χ1) is 14.1. The van der Waals surface area contributed by atoms with E-state index >= 15 is 0 Å². The summed E-state index contributed by atoms with van der Waals surface area (Å²) in [7, 11) is 1.65. The number of ether oxygens (including phenoxy) is 1. The lowest BCUT2D eigenvalue weighted by atomic mass is 9.49. The first-order valence-corrected chi connectivity index (χ1v) is 11.3. The predicted octanol–water partition coefficient (Wildman–Crippen LogP) is 3.52. The standard InChI is InChI=1S/C24H32N2O3/c1-29-20-6-4-16(5-7-20)15-25-22(27)21-3-2-8-26(21)23(28)24-12-17-9-18(13-24)11-19(10-17)14-24/h4-7,17-19,21H,2-3,8-15H2,1H3,(H,25,27)/t17?,18?,19?,21-,24?/m1/s1. The molecule has 0 radical (unpaired) electrons. The molecular weight excluding hydrogens is 364 g/mol. The third-order valence-corrected chi connectivity index (χ3v) is 7.93. The molecule has 1 N–H and O–H groups in total. The van der Waals surface area contributed by atoms with Gasteiger partial charge in [0.1, 0.15) is 11.8 Å². The van der Waals surface area contributed by atoms with E-state index in [2.05, 4.69) is 5.32 Å². The zero-order valence-electron chi connectivity index (χ0n) is 17.4. The van der Waals surface area contributed by atoms with Crippen LogP contribution < -0.4 is 10.1 Å². The third-order valence-electron chi connectivity index (χ3n) is 7.93. The molecule has 6 rings (SSSR count). The van der Waals surface area contributed by atoms with Crippen molar-refractivity contribution >= 4 is 11.8 Å². The highest BCUT2D eigenvalue weighted by Crippen LogP contribution is 2.60. The molecule has 0 spiro atoms. The van der Waals surface area contributed by atoms with Crippen molar-refractivity contribution in [1.82, 2.24) is 10.2 Å². The third kappa shape index (κ3) is 3.43. The first kappa shape index (κ1) is 19.0. The highest BCUT2D eigenvalue weighted by molar-refractivity contribution is 5.91. The molecule has 0 unspecified atom stereocenters. The van der Waals surface area contributed by atoms with Gasteiger partial charge in [0, 0.05) is 13.1 Å². The molecule has 1 aromatic rings. The summed E-state index contributed by atoms with van der Waals surface area (Å²) < 4.78 is 5.19. The Balaban J connectivity index is 1.25. The second-order valence-corrected chi connectivity index (χ2v) is 9.92. The Labute approximate surface area is 173 Å². The van der Waals surface area contributed by atoms with Crippen molar-refractivity contribution in [3.63, 3.8) is 0 Å². The molecule has 1 heterocycles. The molecule has 2 amide bonds. The molecule has 1 saturated heterocycles. The van der Waals surface area contributed by atoms with Gasteiger partial charge in [-0.05, 0) is 86.8 Å². The van der Waals surface area contributed by atoms with Crippen LogP contribution in [0.1, 0.15) is 56.9 Å². The normalized spacial score (nSPS) is 35.0. The Morgan fingerprint density at radius 1 is 1.07 bits per heavy atom. The summed E-state index contributed by atoms with van der Waals surface area (Å²) in [5, 5.41) is 3.06. The van der Waals surface area contributed by atoms with Gasteiger partial charge in [0.25, 0.3) is 0 Å². The van der Waals surface area contributed by atoms with E-state index in [1.165, 1.54) is 19.3 Å². The molecule has 29 heavy (non-hydrogen) atoms. The molecule has 5 fully saturated rings. The van der Waals surface area contributed by atoms with E-state index in [0.29, 0.717) is 12.5 Å². The topological polar surface area (TPSA) is 58.6 Å². The Morgan fingerprint density at radius 2 is 1.69 bits per heavy atom. The number of rotatable bonds is 5. The number of methoxy groups -OCH3 is 1. The van der Waals surface area contributed by atoms with Crippen LogP contribution in [-0.2, 0) is 16.1 Å². The van der Waals surface area contributed by atoms with Gasteiger partial charge in [-0.1, -0.05) is 12.1 Å². The van der Waals surface area contributed by atoms with Crippen LogP contribution in [0.15, 0.2) is 24.3 Å². The summed E-state index contributed by atoms with van der Waals surface area (Å²) in [4.78, 5) is 28.6. The summed E-state index contributed by atoms with van der Waals surface area (Å²) >= 11 is 0. The molecule has 4 bridgehead atoms. The maximum Gasteiger partial charge on any atom is 0.243 e. The van der Waals surface area contributed by atoms with Gasteiger partial charge in [-0.25, -0.2) is 0 Å². The second-order valence-electron chi connectivity index (χ2n) is 9.92. The maximum absolute atomic E-state index is 13.7. The minimum absolute atomic E-state index is 0.00334. The second kappa shape index (κ2) is 7.33. The monoisotopic (exact) mass is 396 g/mol. The lowest BCUT2D eigenvalue weighted by molar-refractivity contribution is -0.160. The highest BCUT2D eigenvalue weighted by atomic mass is 16.5. The van der Waals surface area contributed by atoms with Gasteiger partial charge in [-0.2, -0.15) is 0 Å². The van der Waals surface area contributed by atoms with Gasteiger partial charge < -0.3 is 15.0 Å². The summed E-state index contributed by atoms with van der Waals surface area (Å²) in [6.45, 7) is 1.22. The average Bonchev–Trinajstić information content (AvgIpc) is 3.20. The van der Waals surface area contributed by atoms with Gasteiger partial charge in [-0.3, -0.25) is 9.59 Å². The van der Waals surface area contributed by atoms with Gasteiger partial charge in [0.05, 0.1) is 12.5 Å². The SMILES string of the molecule is COc1ccc(CNC(=O)[C@H]2CCCN2C(=O)C23CC4CC(CC(C4)C2)C3)cc1. The number of hydrogen-bond acceptors (Lipinski definition) is 3. The Bertz CT molecular complexity index is 753. The van der Waals surface area contributed by atoms with E-state index in [1.54, 1.807) is 7.11 Å². The summed E-state index contributed by atoms with van der Waals surface area (Å²) in [6, 6.07) is 7.44. The number of likely N-dealkylation sites (tertiary alicyclic amines) is 1. The van der Waals surface area contributed by atoms with Crippen molar-refractivity contribution < 1.29 is 14.3 Å². The number of hydrogen-bond donors (Lipinski definition) is 1. The molecule has 156 valence electrons. The van der Waals surface area contributed by atoms with Crippen molar-refractivity contribution in [3.05, 3.63) is 29.8 Å². The van der Waals surface area contributed by atoms with Crippen LogP contribution in [0.2, 0.25) is 0 Å². The molecule has 5 heteroatoms. The van der Waals surface area contributed by atoms with Crippen LogP contribution in [0.3, 0.4) is 0 Å². The average molecular weight is 397 g/mol. The number of nitrogens with zero attached hydrogens (tertiary/aromatic N) is 1. The van der Waals surface area contributed by atoms with Crippen molar-refractivity contribution in [3.8, 4) is 5.75 Å². The lowest BCUT2D eigenvalue weighted by Gasteiger charge is -2.56. The number of benzene rings is 1. The van der Waals surface area contributed by atoms with Crippen molar-refractivity contribution in [2.24, 2.45) is 23.2 Å². The molecule has 1 aliphatic heterocycles. The summed E-state index contributed by atoms with van der Waals surface area (Å²) in [5.74, 6) is 3.33. The Hall–Kier alpha value is -2.04. The number of nitrogens with one attached hydrogen (secondary N) is 1. The van der Waals surface area contributed by atoms with Gasteiger partial charge in [0.15, 0.2) is 0 Å². The van der Waals surface area contributed by atoms with Crippen molar-refractivity contribution in [1.29, 1.82) is 0 Å². The molecule has 5 aliphatic rings. The molecule has 0 aromatic heterocycles. The van der Waals surface area contributed by atoms with E-state index in [0.717, 1.165) is 67.7 Å². The number of carbonyl (C=O) groups excluding carboxylic acids is 2. The fourth-order valence-corrected chi connectivity index (χ4v) is 7.01. The number of carbonyl (C=O) groups is 2. The Morgan fingerprint density at radius 3 is 2.28 bits per heavy atom. The fraction of sp³-hybridized carbons (Fsp3) is 0.667. The summed E-state index contributed by atoms with van der Waals surface area (Å²) in [5.41, 5.74) is 0.879. The zero-order chi connectivity index (χ0) is 20.0. The number of amides is 2. The lowest BCUT2D eigenvalue weighted by Crippen LogP contribution is -2.57. The zero-order valence-corrected chi connectivity index (χ0v) is 17.4. The molecular formula is C24H32N2O3. The fourth-order valence-electron chi connectivity index (χ4n) is 7.01. The molecule has 4 saturated carbocycles. The minimum atomic E-state index is -0.297. The van der Waals surface area contributed by atoms with Crippen molar-refractivity contribution in [2.45, 2.75) is 64.0 Å². The largest absolute Gasteiger partial charge is 0.497 e. The Kier molecular flexibility index (Phi) is 4.79. The highest BCUT2D eigenvalue weighted by Gasteiger charge is 2.56. The van der Waals surface area contributed by atoms with Crippen molar-refractivity contribution in [2.75, 3.05) is 13.7 Å². The van der Waals surface area contributed by atoms with Gasteiger partial charge in [0.2, 0.25) is 11.8 Å². The molecule has 1 atom stereocenters. The van der Waals surface area contributed by atoms with Crippen LogP contribution in [0.5, 0.6) is 5.75 Å². The van der Waals surface area contributed by atoms with E-state index in [9.17, 15) is 9.59 Å². The smallest absolute Gasteiger partial charge is 0.243 e. The van der Waals surface area contributed by atoms with Crippen LogP contribution in [-0.4, -0.2) is 36.4 Å². The van der Waals surface area contributed by atoms with E-state index in [-0.39, 0.29) is 17.4 Å². The first-order valence-electron chi connectivity index (χ1n) is 11.3. The van der Waals surface area contributed by atoms with Crippen LogP contribution in [0.25, 0.3) is 0 Å². The minimum Gasteiger partial charge on any atom is -0.497 e. The van der Waals surface area contributed by atoms with Crippen LogP contribution >= 0.6 is 0 Å². The van der Waals surface area contributed by atoms with E-state index in [1.807, 2.05) is 29.2 Å². The van der Waals surface area contributed by atoms with Crippen LogP contribution in [0.4, 0.5) is 0 Å². The van der Waals surface area contributed by atoms with Crippen LogP contribution in [0, 0.1) is 23.2 Å².